The van der Waals surface area contributed by atoms with Gasteiger partial charge >= 0.3 is 0 Å². The minimum Gasteiger partial charge on any atom is -0.496 e. The van der Waals surface area contributed by atoms with E-state index < -0.39 is 0 Å². The van der Waals surface area contributed by atoms with Gasteiger partial charge in [-0.15, -0.1) is 0 Å². The van der Waals surface area contributed by atoms with Crippen molar-refractivity contribution >= 4 is 0 Å². The standard InChI is InChI=1S/C24H31N3O2/c1-17-12-13-18(2)27(17)24-11-7-10-21(25-24)20-16-22(28-5)19(15-23(20)29-6)9-8-14-26(3)4/h7,10-13,15-16H,8-9,14H2,1-6H3. The number of aromatic nitrogens is 2. The van der Waals surface area contributed by atoms with E-state index in [-0.39, 0.29) is 0 Å². The van der Waals surface area contributed by atoms with E-state index in [0.29, 0.717) is 0 Å². The third-order valence-corrected chi connectivity index (χ3v) is 5.16. The summed E-state index contributed by atoms with van der Waals surface area (Å²) >= 11 is 0. The summed E-state index contributed by atoms with van der Waals surface area (Å²) in [5, 5.41) is 0. The number of hydrogen-bond donors (Lipinski definition) is 0. The van der Waals surface area contributed by atoms with Gasteiger partial charge in [0.1, 0.15) is 17.3 Å². The summed E-state index contributed by atoms with van der Waals surface area (Å²) in [4.78, 5) is 7.12. The van der Waals surface area contributed by atoms with Gasteiger partial charge in [-0.2, -0.15) is 0 Å². The number of nitrogens with zero attached hydrogens (tertiary/aromatic N) is 3. The molecule has 0 atom stereocenters. The van der Waals surface area contributed by atoms with Gasteiger partial charge in [-0.3, -0.25) is 0 Å². The molecule has 29 heavy (non-hydrogen) atoms. The van der Waals surface area contributed by atoms with E-state index in [4.69, 9.17) is 14.5 Å². The molecule has 0 spiro atoms. The van der Waals surface area contributed by atoms with Gasteiger partial charge < -0.3 is 18.9 Å². The van der Waals surface area contributed by atoms with Crippen LogP contribution in [0.4, 0.5) is 0 Å². The Labute approximate surface area is 173 Å². The van der Waals surface area contributed by atoms with Gasteiger partial charge in [-0.1, -0.05) is 6.07 Å². The van der Waals surface area contributed by atoms with Crippen LogP contribution in [0.25, 0.3) is 17.1 Å². The third-order valence-electron chi connectivity index (χ3n) is 5.16. The number of rotatable bonds is 8. The maximum absolute atomic E-state index is 5.73. The lowest BCUT2D eigenvalue weighted by Gasteiger charge is -2.16. The van der Waals surface area contributed by atoms with Crippen molar-refractivity contribution in [3.63, 3.8) is 0 Å². The van der Waals surface area contributed by atoms with E-state index >= 15 is 0 Å². The zero-order chi connectivity index (χ0) is 21.0. The summed E-state index contributed by atoms with van der Waals surface area (Å²) in [6.07, 6.45) is 2.00. The van der Waals surface area contributed by atoms with E-state index in [1.54, 1.807) is 14.2 Å². The van der Waals surface area contributed by atoms with Crippen LogP contribution >= 0.6 is 0 Å². The fraction of sp³-hybridized carbons (Fsp3) is 0.375. The Bertz CT molecular complexity index is 957. The van der Waals surface area contributed by atoms with Crippen LogP contribution in [0.2, 0.25) is 0 Å². The maximum Gasteiger partial charge on any atom is 0.137 e. The highest BCUT2D eigenvalue weighted by Gasteiger charge is 2.15. The number of methoxy groups -OCH3 is 2. The van der Waals surface area contributed by atoms with Crippen molar-refractivity contribution in [2.45, 2.75) is 26.7 Å². The molecular weight excluding hydrogens is 362 g/mol. The smallest absolute Gasteiger partial charge is 0.137 e. The van der Waals surface area contributed by atoms with Gasteiger partial charge in [0, 0.05) is 17.0 Å². The third kappa shape index (κ3) is 4.62. The van der Waals surface area contributed by atoms with Gasteiger partial charge in [-0.05, 0) is 89.3 Å². The van der Waals surface area contributed by atoms with E-state index in [1.165, 1.54) is 0 Å². The van der Waals surface area contributed by atoms with Crippen LogP contribution in [0.1, 0.15) is 23.4 Å². The molecule has 5 nitrogen and oxygen atoms in total. The highest BCUT2D eigenvalue weighted by Crippen LogP contribution is 2.36. The lowest BCUT2D eigenvalue weighted by Crippen LogP contribution is -2.13. The predicted molar refractivity (Wildman–Crippen MR) is 118 cm³/mol. The molecule has 0 radical (unpaired) electrons. The minimum absolute atomic E-state index is 0.816. The fourth-order valence-electron chi connectivity index (χ4n) is 3.67. The number of hydrogen-bond acceptors (Lipinski definition) is 4. The molecule has 5 heteroatoms. The van der Waals surface area contributed by atoms with Gasteiger partial charge in [0.05, 0.1) is 19.9 Å². The monoisotopic (exact) mass is 393 g/mol. The summed E-state index contributed by atoms with van der Waals surface area (Å²) in [6, 6.07) is 14.4. The molecule has 0 aliphatic carbocycles. The Morgan fingerprint density at radius 2 is 1.62 bits per heavy atom. The van der Waals surface area contributed by atoms with E-state index in [0.717, 1.165) is 64.9 Å². The molecule has 3 aromatic rings. The molecule has 3 rings (SSSR count). The average Bonchev–Trinajstić information content (AvgIpc) is 3.05. The molecular formula is C24H31N3O2. The van der Waals surface area contributed by atoms with Gasteiger partial charge in [0.15, 0.2) is 0 Å². The zero-order valence-corrected chi connectivity index (χ0v) is 18.3. The summed E-state index contributed by atoms with van der Waals surface area (Å²) < 4.78 is 13.6. The van der Waals surface area contributed by atoms with Crippen molar-refractivity contribution < 1.29 is 9.47 Å². The van der Waals surface area contributed by atoms with Crippen LogP contribution in [0.5, 0.6) is 11.5 Å². The van der Waals surface area contributed by atoms with E-state index in [9.17, 15) is 0 Å². The molecule has 0 amide bonds. The Morgan fingerprint density at radius 1 is 0.931 bits per heavy atom. The largest absolute Gasteiger partial charge is 0.496 e. The molecule has 0 bridgehead atoms. The van der Waals surface area contributed by atoms with Crippen LogP contribution < -0.4 is 9.47 Å². The molecule has 2 aromatic heterocycles. The summed E-state index contributed by atoms with van der Waals surface area (Å²) in [7, 11) is 7.61. The number of benzene rings is 1. The van der Waals surface area contributed by atoms with Crippen molar-refractivity contribution in [3.05, 3.63) is 59.4 Å². The van der Waals surface area contributed by atoms with E-state index in [2.05, 4.69) is 55.6 Å². The van der Waals surface area contributed by atoms with Crippen molar-refractivity contribution in [1.82, 2.24) is 14.5 Å². The number of aryl methyl sites for hydroxylation is 3. The lowest BCUT2D eigenvalue weighted by atomic mass is 10.0. The first-order valence-corrected chi connectivity index (χ1v) is 9.97. The molecule has 154 valence electrons. The lowest BCUT2D eigenvalue weighted by molar-refractivity contribution is 0.387. The first-order valence-electron chi connectivity index (χ1n) is 9.97. The number of ether oxygens (including phenoxy) is 2. The SMILES string of the molecule is COc1cc(-c2cccc(-n3c(C)ccc3C)n2)c(OC)cc1CCCN(C)C. The molecule has 0 saturated heterocycles. The van der Waals surface area contributed by atoms with Crippen LogP contribution in [-0.2, 0) is 6.42 Å². The van der Waals surface area contributed by atoms with Crippen LogP contribution in [0, 0.1) is 13.8 Å². The zero-order valence-electron chi connectivity index (χ0n) is 18.3. The second-order valence-corrected chi connectivity index (χ2v) is 7.60. The van der Waals surface area contributed by atoms with Crippen molar-refractivity contribution in [2.24, 2.45) is 0 Å². The minimum atomic E-state index is 0.816. The Morgan fingerprint density at radius 3 is 2.24 bits per heavy atom. The van der Waals surface area contributed by atoms with Gasteiger partial charge in [0.2, 0.25) is 0 Å². The normalized spacial score (nSPS) is 11.1. The maximum atomic E-state index is 5.73. The topological polar surface area (TPSA) is 39.5 Å². The first kappa shape index (κ1) is 20.9. The van der Waals surface area contributed by atoms with Gasteiger partial charge in [0.25, 0.3) is 0 Å². The molecule has 0 unspecified atom stereocenters. The Hall–Kier alpha value is -2.79. The van der Waals surface area contributed by atoms with Crippen molar-refractivity contribution in [2.75, 3.05) is 34.9 Å². The number of pyridine rings is 1. The summed E-state index contributed by atoms with van der Waals surface area (Å²) in [6.45, 7) is 5.22. The Kier molecular flexibility index (Phi) is 6.60. The quantitative estimate of drug-likeness (QED) is 0.558. The molecule has 0 fully saturated rings. The molecule has 0 N–H and O–H groups in total. The van der Waals surface area contributed by atoms with Crippen molar-refractivity contribution in [3.8, 4) is 28.6 Å². The van der Waals surface area contributed by atoms with E-state index in [1.807, 2.05) is 24.3 Å². The average molecular weight is 394 g/mol. The first-order chi connectivity index (χ1) is 13.9. The van der Waals surface area contributed by atoms with Crippen LogP contribution in [-0.4, -0.2) is 49.3 Å². The Balaban J connectivity index is 2.01. The van der Waals surface area contributed by atoms with Crippen molar-refractivity contribution in [1.29, 1.82) is 0 Å². The molecule has 0 aliphatic heterocycles. The summed E-state index contributed by atoms with van der Waals surface area (Å²) in [5.74, 6) is 2.59. The van der Waals surface area contributed by atoms with Crippen LogP contribution in [0.15, 0.2) is 42.5 Å². The molecule has 2 heterocycles. The highest BCUT2D eigenvalue weighted by atomic mass is 16.5. The second kappa shape index (κ2) is 9.14. The molecule has 1 aromatic carbocycles. The second-order valence-electron chi connectivity index (χ2n) is 7.60. The molecule has 0 saturated carbocycles. The highest BCUT2D eigenvalue weighted by molar-refractivity contribution is 5.71. The fourth-order valence-corrected chi connectivity index (χ4v) is 3.67. The molecule has 0 aliphatic rings. The van der Waals surface area contributed by atoms with Gasteiger partial charge in [-0.25, -0.2) is 4.98 Å². The summed E-state index contributed by atoms with van der Waals surface area (Å²) in [5.41, 5.74) is 5.28. The predicted octanol–water partition coefficient (Wildman–Crippen LogP) is 4.67. The van der Waals surface area contributed by atoms with Crippen LogP contribution in [0.3, 0.4) is 0 Å².